The Balaban J connectivity index is 0.000000102. The van der Waals surface area contributed by atoms with E-state index in [0.717, 1.165) is 167 Å². The van der Waals surface area contributed by atoms with E-state index in [-0.39, 0.29) is 0 Å². The molecule has 0 bridgehead atoms. The predicted octanol–water partition coefficient (Wildman–Crippen LogP) is 27.4. The zero-order valence-electron chi connectivity index (χ0n) is 60.8. The topological polar surface area (TPSA) is 110 Å². The summed E-state index contributed by atoms with van der Waals surface area (Å²) in [6.07, 6.45) is 7.38. The Hall–Kier alpha value is -13.2. The lowest BCUT2D eigenvalue weighted by atomic mass is 10.1. The van der Waals surface area contributed by atoms with Gasteiger partial charge in [-0.15, -0.1) is 0 Å². The van der Waals surface area contributed by atoms with Crippen LogP contribution in [0.25, 0.3) is 178 Å². The van der Waals surface area contributed by atoms with Gasteiger partial charge in [-0.1, -0.05) is 258 Å². The van der Waals surface area contributed by atoms with Crippen molar-refractivity contribution in [2.45, 2.75) is 0 Å². The monoisotopic (exact) mass is 1720 g/mol. The molecule has 22 rings (SSSR count). The number of benzene rings is 12. The van der Waals surface area contributed by atoms with Gasteiger partial charge in [0.05, 0.1) is 94.5 Å². The smallest absolute Gasteiger partial charge is 0.235 e. The van der Waals surface area contributed by atoms with Gasteiger partial charge in [-0.25, -0.2) is 15.0 Å². The van der Waals surface area contributed by atoms with Crippen LogP contribution >= 0.6 is 63.7 Å². The molecular formula is C99H63Br4N11. The first-order valence-electron chi connectivity index (χ1n) is 37.2. The maximum absolute atomic E-state index is 5.05. The molecule has 10 aromatic heterocycles. The van der Waals surface area contributed by atoms with Gasteiger partial charge in [0.2, 0.25) is 5.95 Å². The molecule has 0 aliphatic rings. The highest BCUT2D eigenvalue weighted by atomic mass is 79.9. The second kappa shape index (κ2) is 31.2. The van der Waals surface area contributed by atoms with Crippen molar-refractivity contribution in [1.29, 1.82) is 0 Å². The van der Waals surface area contributed by atoms with E-state index in [9.17, 15) is 0 Å². The molecule has 10 heterocycles. The Morgan fingerprint density at radius 3 is 1.00 bits per heavy atom. The van der Waals surface area contributed by atoms with Crippen molar-refractivity contribution in [1.82, 2.24) is 53.2 Å². The molecule has 0 atom stereocenters. The fourth-order valence-corrected chi connectivity index (χ4v) is 16.8. The summed E-state index contributed by atoms with van der Waals surface area (Å²) >= 11 is 14.4. The number of halogens is 4. The number of rotatable bonds is 9. The van der Waals surface area contributed by atoms with Crippen LogP contribution in [0.3, 0.4) is 0 Å². The summed E-state index contributed by atoms with van der Waals surface area (Å²) in [6.45, 7) is 0. The highest BCUT2D eigenvalue weighted by Crippen LogP contribution is 2.40. The molecule has 0 amide bonds. The van der Waals surface area contributed by atoms with Crippen LogP contribution in [0.15, 0.2) is 401 Å². The van der Waals surface area contributed by atoms with Crippen molar-refractivity contribution in [2.24, 2.45) is 0 Å². The summed E-state index contributed by atoms with van der Waals surface area (Å²) in [6, 6.07) is 123. The number of fused-ring (bicyclic) bond motifs is 13. The number of hydrogen-bond acceptors (Lipinski definition) is 7. The largest absolute Gasteiger partial charge is 0.308 e. The second-order valence-electron chi connectivity index (χ2n) is 27.4. The van der Waals surface area contributed by atoms with Gasteiger partial charge in [0, 0.05) is 97.7 Å². The minimum absolute atomic E-state index is 0.642. The third-order valence-corrected chi connectivity index (χ3v) is 22.4. The molecule has 542 valence electrons. The van der Waals surface area contributed by atoms with Crippen LogP contribution in [0.4, 0.5) is 0 Å². The van der Waals surface area contributed by atoms with Crippen molar-refractivity contribution >= 4 is 162 Å². The highest BCUT2D eigenvalue weighted by Gasteiger charge is 2.22. The van der Waals surface area contributed by atoms with Gasteiger partial charge in [0.15, 0.2) is 0 Å². The number of aromatic nitrogens is 11. The third-order valence-electron chi connectivity index (χ3n) is 20.4. The Kier molecular flexibility index (Phi) is 19.5. The van der Waals surface area contributed by atoms with Gasteiger partial charge in [0.1, 0.15) is 0 Å². The molecule has 0 spiro atoms. The molecule has 11 nitrogen and oxygen atoms in total. The minimum Gasteiger partial charge on any atom is -0.308 e. The molecule has 0 aliphatic carbocycles. The Bertz CT molecular complexity index is 7280. The van der Waals surface area contributed by atoms with Gasteiger partial charge < -0.3 is 13.7 Å². The molecule has 0 N–H and O–H groups in total. The maximum Gasteiger partial charge on any atom is 0.235 e. The van der Waals surface area contributed by atoms with Crippen LogP contribution in [0.5, 0.6) is 0 Å². The zero-order chi connectivity index (χ0) is 76.6. The van der Waals surface area contributed by atoms with Crippen LogP contribution in [0.2, 0.25) is 0 Å². The second-order valence-corrected chi connectivity index (χ2v) is 31.0. The maximum atomic E-state index is 5.05. The quantitative estimate of drug-likeness (QED) is 0.142. The summed E-state index contributed by atoms with van der Waals surface area (Å²) < 4.78 is 13.1. The number of nitrogens with zero attached hydrogens (tertiary/aromatic N) is 11. The van der Waals surface area contributed by atoms with Crippen LogP contribution in [0, 0.1) is 0 Å². The first kappa shape index (κ1) is 71.2. The fourth-order valence-electron chi connectivity index (χ4n) is 15.3. The Morgan fingerprint density at radius 2 is 0.553 bits per heavy atom. The third kappa shape index (κ3) is 13.8. The molecule has 0 saturated heterocycles. The molecule has 0 saturated carbocycles. The summed E-state index contributed by atoms with van der Waals surface area (Å²) in [5.74, 6) is 0.642. The average molecular weight is 1730 g/mol. The Labute approximate surface area is 689 Å². The molecule has 0 unspecified atom stereocenters. The summed E-state index contributed by atoms with van der Waals surface area (Å²) in [4.78, 5) is 33.6. The van der Waals surface area contributed by atoms with Crippen molar-refractivity contribution in [2.75, 3.05) is 0 Å². The zero-order valence-corrected chi connectivity index (χ0v) is 67.1. The lowest BCUT2D eigenvalue weighted by molar-refractivity contribution is 1.01. The normalized spacial score (nSPS) is 11.3. The fraction of sp³-hybridized carbons (Fsp3) is 0. The standard InChI is InChI=1S/C28H18BrN3.C25H15BrN4.2C23H15BrN2/c29-21-13-14-26-23(16-21)28-27(12-7-15-30-28)32(26)22-17-24(19-8-3-1-4-9-19)31-25(18-22)20-10-5-2-6-11-20;26-17-12-13-21-19(15-17)24-22(11-6-14-27-24)30(21)25-28-20-10-5-4-9-18(20)23(29-25)16-7-2-1-3-8-16;24-18-11-12-21-20(15-18)23-22(10-5-13-25-23)26(21)19-9-4-8-17(14-19)16-6-2-1-3-7-16;24-18-10-13-21-20(15-18)23-22(7-4-14-25-23)26(21)19-11-8-17(9-12-19)16-5-2-1-3-6-16/h1-18H;1-15H;2*1-15H. The van der Waals surface area contributed by atoms with Gasteiger partial charge >= 0.3 is 0 Å². The van der Waals surface area contributed by atoms with Crippen LogP contribution in [-0.4, -0.2) is 53.2 Å². The first-order chi connectivity index (χ1) is 56.2. The molecule has 0 radical (unpaired) electrons. The van der Waals surface area contributed by atoms with Crippen molar-refractivity contribution in [3.8, 4) is 79.0 Å². The van der Waals surface area contributed by atoms with Crippen molar-refractivity contribution in [3.63, 3.8) is 0 Å². The van der Waals surface area contributed by atoms with E-state index in [4.69, 9.17) is 19.9 Å². The molecule has 12 aromatic carbocycles. The van der Waals surface area contributed by atoms with Gasteiger partial charge in [-0.2, -0.15) is 0 Å². The van der Waals surface area contributed by atoms with Gasteiger partial charge in [-0.3, -0.25) is 24.5 Å². The van der Waals surface area contributed by atoms with Crippen LogP contribution in [0.1, 0.15) is 0 Å². The minimum atomic E-state index is 0.642. The first-order valence-corrected chi connectivity index (χ1v) is 40.3. The van der Waals surface area contributed by atoms with E-state index < -0.39 is 0 Å². The van der Waals surface area contributed by atoms with Crippen molar-refractivity contribution < 1.29 is 0 Å². The lowest BCUT2D eigenvalue weighted by Crippen LogP contribution is -2.03. The van der Waals surface area contributed by atoms with E-state index >= 15 is 0 Å². The summed E-state index contributed by atoms with van der Waals surface area (Å²) in [7, 11) is 0. The van der Waals surface area contributed by atoms with Crippen LogP contribution in [-0.2, 0) is 0 Å². The molecule has 0 fully saturated rings. The van der Waals surface area contributed by atoms with E-state index in [2.05, 4.69) is 340 Å². The number of pyridine rings is 5. The van der Waals surface area contributed by atoms with Gasteiger partial charge in [-0.05, 0) is 186 Å². The molecule has 114 heavy (non-hydrogen) atoms. The van der Waals surface area contributed by atoms with Crippen LogP contribution < -0.4 is 0 Å². The predicted molar refractivity (Wildman–Crippen MR) is 483 cm³/mol. The Morgan fingerprint density at radius 1 is 0.202 bits per heavy atom. The lowest BCUT2D eigenvalue weighted by Gasteiger charge is -2.13. The van der Waals surface area contributed by atoms with Gasteiger partial charge in [0.25, 0.3) is 0 Å². The summed E-state index contributed by atoms with van der Waals surface area (Å²) in [5, 5.41) is 5.53. The molecular weight excluding hydrogens is 1660 g/mol. The van der Waals surface area contributed by atoms with Crippen molar-refractivity contribution in [3.05, 3.63) is 401 Å². The molecule has 22 aromatic rings. The molecule has 15 heteroatoms. The SMILES string of the molecule is Brc1ccc2c(c1)c1ncccc1n2-c1cc(-c2ccccc2)nc(-c2ccccc2)c1.Brc1ccc2c(c1)c1ncccc1n2-c1ccc(-c2ccccc2)cc1.Brc1ccc2c(c1)c1ncccc1n2-c1cccc(-c2ccccc2)c1.Brc1ccc2c(c1)c1ncccc1n2-c1nc(-c2ccccc2)c2ccccc2n1. The molecule has 0 aliphatic heterocycles. The summed E-state index contributed by atoms with van der Waals surface area (Å²) in [5.41, 5.74) is 27.9. The number of para-hydroxylation sites is 1. The highest BCUT2D eigenvalue weighted by molar-refractivity contribution is 9.11. The van der Waals surface area contributed by atoms with E-state index in [1.807, 2.05) is 140 Å². The van der Waals surface area contributed by atoms with E-state index in [1.54, 1.807) is 0 Å². The average Bonchev–Trinajstić information content (AvgIpc) is 1.57. The van der Waals surface area contributed by atoms with E-state index in [0.29, 0.717) is 5.95 Å². The number of hydrogen-bond donors (Lipinski definition) is 0. The van der Waals surface area contributed by atoms with E-state index in [1.165, 1.54) is 22.3 Å².